The second-order valence-electron chi connectivity index (χ2n) is 5.30. The van der Waals surface area contributed by atoms with Gasteiger partial charge in [0.15, 0.2) is 6.61 Å². The lowest BCUT2D eigenvalue weighted by atomic mass is 10.1. The number of hydrogen-bond acceptors (Lipinski definition) is 3. The van der Waals surface area contributed by atoms with E-state index in [1.54, 1.807) is 6.07 Å². The fourth-order valence-electron chi connectivity index (χ4n) is 2.15. The maximum Gasteiger partial charge on any atom is 0.338 e. The topological polar surface area (TPSA) is 55.4 Å². The largest absolute Gasteiger partial charge is 0.452 e. The van der Waals surface area contributed by atoms with Crippen molar-refractivity contribution in [2.24, 2.45) is 0 Å². The number of rotatable bonds is 5. The summed E-state index contributed by atoms with van der Waals surface area (Å²) in [6, 6.07) is 13.1. The minimum atomic E-state index is -0.486. The van der Waals surface area contributed by atoms with Gasteiger partial charge >= 0.3 is 5.97 Å². The molecule has 1 N–H and O–H groups in total. The Hall–Kier alpha value is -2.14. The average Bonchev–Trinajstić information content (AvgIpc) is 2.50. The zero-order valence-electron chi connectivity index (χ0n) is 13.1. The number of nitrogens with one attached hydrogen (secondary N) is 1. The van der Waals surface area contributed by atoms with E-state index in [0.29, 0.717) is 12.1 Å². The molecule has 0 aromatic heterocycles. The molecule has 0 radical (unpaired) electrons. The molecular formula is C18H18BrNO3. The van der Waals surface area contributed by atoms with Crippen LogP contribution in [0.25, 0.3) is 0 Å². The van der Waals surface area contributed by atoms with Gasteiger partial charge in [0.2, 0.25) is 0 Å². The van der Waals surface area contributed by atoms with Crippen LogP contribution in [0.5, 0.6) is 0 Å². The summed E-state index contributed by atoms with van der Waals surface area (Å²) in [6.45, 7) is 3.90. The van der Waals surface area contributed by atoms with E-state index >= 15 is 0 Å². The first-order chi connectivity index (χ1) is 11.0. The van der Waals surface area contributed by atoms with E-state index in [0.717, 1.165) is 21.2 Å². The van der Waals surface area contributed by atoms with Crippen LogP contribution in [0.4, 0.5) is 0 Å². The van der Waals surface area contributed by atoms with Crippen molar-refractivity contribution in [3.8, 4) is 0 Å². The predicted molar refractivity (Wildman–Crippen MR) is 92.2 cm³/mol. The van der Waals surface area contributed by atoms with Crippen LogP contribution in [0, 0.1) is 13.8 Å². The Morgan fingerprint density at radius 2 is 1.91 bits per heavy atom. The number of carbonyl (C=O) groups excluding carboxylic acids is 2. The Morgan fingerprint density at radius 1 is 1.13 bits per heavy atom. The van der Waals surface area contributed by atoms with E-state index in [1.807, 2.05) is 50.2 Å². The summed E-state index contributed by atoms with van der Waals surface area (Å²) < 4.78 is 6.01. The average molecular weight is 376 g/mol. The van der Waals surface area contributed by atoms with Crippen molar-refractivity contribution in [1.29, 1.82) is 0 Å². The van der Waals surface area contributed by atoms with Gasteiger partial charge in [-0.1, -0.05) is 45.8 Å². The van der Waals surface area contributed by atoms with Crippen LogP contribution in [-0.2, 0) is 16.1 Å². The van der Waals surface area contributed by atoms with E-state index in [9.17, 15) is 9.59 Å². The maximum atomic E-state index is 12.0. The molecule has 0 saturated carbocycles. The standard InChI is InChI=1S/C18H18BrNO3/c1-12-6-7-16(13(2)8-12)18(22)23-11-17(21)20-10-14-4-3-5-15(19)9-14/h3-9H,10-11H2,1-2H3,(H,20,21). The van der Waals surface area contributed by atoms with E-state index in [2.05, 4.69) is 21.2 Å². The number of halogens is 1. The summed E-state index contributed by atoms with van der Waals surface area (Å²) in [6.07, 6.45) is 0. The van der Waals surface area contributed by atoms with Gasteiger partial charge in [-0.2, -0.15) is 0 Å². The molecular weight excluding hydrogens is 358 g/mol. The zero-order chi connectivity index (χ0) is 16.8. The van der Waals surface area contributed by atoms with Gasteiger partial charge in [-0.05, 0) is 43.2 Å². The molecule has 120 valence electrons. The molecule has 4 nitrogen and oxygen atoms in total. The van der Waals surface area contributed by atoms with Crippen LogP contribution in [0.3, 0.4) is 0 Å². The minimum absolute atomic E-state index is 0.292. The highest BCUT2D eigenvalue weighted by molar-refractivity contribution is 9.10. The zero-order valence-corrected chi connectivity index (χ0v) is 14.6. The highest BCUT2D eigenvalue weighted by Gasteiger charge is 2.12. The van der Waals surface area contributed by atoms with Crippen molar-refractivity contribution in [2.45, 2.75) is 20.4 Å². The third-order valence-electron chi connectivity index (χ3n) is 3.31. The highest BCUT2D eigenvalue weighted by atomic mass is 79.9. The Kier molecular flexibility index (Phi) is 5.93. The lowest BCUT2D eigenvalue weighted by molar-refractivity contribution is -0.124. The van der Waals surface area contributed by atoms with Crippen LogP contribution in [0.15, 0.2) is 46.9 Å². The molecule has 23 heavy (non-hydrogen) atoms. The summed E-state index contributed by atoms with van der Waals surface area (Å²) >= 11 is 3.37. The summed E-state index contributed by atoms with van der Waals surface area (Å²) in [5.74, 6) is -0.816. The lowest BCUT2D eigenvalue weighted by Gasteiger charge is -2.09. The quantitative estimate of drug-likeness (QED) is 0.813. The fourth-order valence-corrected chi connectivity index (χ4v) is 2.60. The number of carbonyl (C=O) groups is 2. The number of esters is 1. The van der Waals surface area contributed by atoms with Gasteiger partial charge in [0.1, 0.15) is 0 Å². The maximum absolute atomic E-state index is 12.0. The second-order valence-corrected chi connectivity index (χ2v) is 6.22. The van der Waals surface area contributed by atoms with Crippen molar-refractivity contribution >= 4 is 27.8 Å². The lowest BCUT2D eigenvalue weighted by Crippen LogP contribution is -2.28. The SMILES string of the molecule is Cc1ccc(C(=O)OCC(=O)NCc2cccc(Br)c2)c(C)c1. The van der Waals surface area contributed by atoms with Crippen molar-refractivity contribution in [2.75, 3.05) is 6.61 Å². The number of benzene rings is 2. The summed E-state index contributed by atoms with van der Waals surface area (Å²) in [5.41, 5.74) is 3.36. The number of hydrogen-bond donors (Lipinski definition) is 1. The van der Waals surface area contributed by atoms with E-state index < -0.39 is 5.97 Å². The first-order valence-corrected chi connectivity index (χ1v) is 8.00. The molecule has 1 amide bonds. The van der Waals surface area contributed by atoms with Gasteiger partial charge in [0.05, 0.1) is 5.56 Å². The smallest absolute Gasteiger partial charge is 0.338 e. The van der Waals surface area contributed by atoms with Crippen molar-refractivity contribution in [3.05, 3.63) is 69.2 Å². The first kappa shape index (κ1) is 17.2. The van der Waals surface area contributed by atoms with Crippen molar-refractivity contribution in [1.82, 2.24) is 5.32 Å². The minimum Gasteiger partial charge on any atom is -0.452 e. The first-order valence-electron chi connectivity index (χ1n) is 7.21. The second kappa shape index (κ2) is 7.92. The third-order valence-corrected chi connectivity index (χ3v) is 3.81. The molecule has 0 atom stereocenters. The van der Waals surface area contributed by atoms with Crippen LogP contribution in [0.2, 0.25) is 0 Å². The molecule has 5 heteroatoms. The van der Waals surface area contributed by atoms with Gasteiger partial charge in [-0.15, -0.1) is 0 Å². The molecule has 0 unspecified atom stereocenters. The Balaban J connectivity index is 1.83. The molecule has 0 aliphatic carbocycles. The van der Waals surface area contributed by atoms with Gasteiger partial charge in [0.25, 0.3) is 5.91 Å². The summed E-state index contributed by atoms with van der Waals surface area (Å²) in [5, 5.41) is 2.72. The van der Waals surface area contributed by atoms with E-state index in [4.69, 9.17) is 4.74 Å². The van der Waals surface area contributed by atoms with Crippen LogP contribution in [-0.4, -0.2) is 18.5 Å². The number of aryl methyl sites for hydroxylation is 2. The van der Waals surface area contributed by atoms with Gasteiger partial charge < -0.3 is 10.1 Å². The molecule has 0 aliphatic rings. The third kappa shape index (κ3) is 5.21. The van der Waals surface area contributed by atoms with E-state index in [1.165, 1.54) is 0 Å². The normalized spacial score (nSPS) is 10.2. The molecule has 2 rings (SSSR count). The predicted octanol–water partition coefficient (Wildman–Crippen LogP) is 3.54. The van der Waals surface area contributed by atoms with Crippen LogP contribution >= 0.6 is 15.9 Å². The monoisotopic (exact) mass is 375 g/mol. The van der Waals surface area contributed by atoms with Crippen LogP contribution in [0.1, 0.15) is 27.0 Å². The summed E-state index contributed by atoms with van der Waals surface area (Å²) in [4.78, 5) is 23.8. The molecule has 0 spiro atoms. The van der Waals surface area contributed by atoms with Gasteiger partial charge in [-0.3, -0.25) is 4.79 Å². The Morgan fingerprint density at radius 3 is 2.61 bits per heavy atom. The van der Waals surface area contributed by atoms with Gasteiger partial charge in [-0.25, -0.2) is 4.79 Å². The fraction of sp³-hybridized carbons (Fsp3) is 0.222. The molecule has 0 fully saturated rings. The van der Waals surface area contributed by atoms with E-state index in [-0.39, 0.29) is 12.5 Å². The molecule has 0 aliphatic heterocycles. The number of amides is 1. The Labute approximate surface area is 144 Å². The molecule has 2 aromatic rings. The molecule has 2 aromatic carbocycles. The highest BCUT2D eigenvalue weighted by Crippen LogP contribution is 2.12. The number of ether oxygens (including phenoxy) is 1. The molecule has 0 heterocycles. The van der Waals surface area contributed by atoms with Crippen molar-refractivity contribution < 1.29 is 14.3 Å². The molecule has 0 bridgehead atoms. The van der Waals surface area contributed by atoms with Gasteiger partial charge in [0, 0.05) is 11.0 Å². The van der Waals surface area contributed by atoms with Crippen molar-refractivity contribution in [3.63, 3.8) is 0 Å². The van der Waals surface area contributed by atoms with Crippen LogP contribution < -0.4 is 5.32 Å². The Bertz CT molecular complexity index is 728. The summed E-state index contributed by atoms with van der Waals surface area (Å²) in [7, 11) is 0. The molecule has 0 saturated heterocycles.